The summed E-state index contributed by atoms with van der Waals surface area (Å²) in [4.78, 5) is 16.5. The van der Waals surface area contributed by atoms with Crippen molar-refractivity contribution in [3.63, 3.8) is 0 Å². The number of alkyl halides is 3. The van der Waals surface area contributed by atoms with Crippen LogP contribution in [0.3, 0.4) is 0 Å². The van der Waals surface area contributed by atoms with Crippen molar-refractivity contribution in [2.75, 3.05) is 6.61 Å². The maximum atomic E-state index is 13.1. The number of hydrogen-bond donors (Lipinski definition) is 1. The normalized spacial score (nSPS) is 19.3. The minimum absolute atomic E-state index is 0.118. The highest BCUT2D eigenvalue weighted by atomic mass is 32.2. The van der Waals surface area contributed by atoms with Crippen molar-refractivity contribution in [1.82, 2.24) is 5.32 Å². The molecule has 2 aliphatic rings. The summed E-state index contributed by atoms with van der Waals surface area (Å²) >= 11 is 1.01. The lowest BCUT2D eigenvalue weighted by Gasteiger charge is -2.09. The van der Waals surface area contributed by atoms with Gasteiger partial charge in [-0.15, -0.1) is 0 Å². The number of aliphatic imine (C=N–C) groups is 1. The molecule has 0 aliphatic carbocycles. The molecule has 0 radical (unpaired) electrons. The number of nitrogens with one attached hydrogen (secondary N) is 1. The van der Waals surface area contributed by atoms with E-state index in [-0.39, 0.29) is 16.8 Å². The molecule has 0 bridgehead atoms. The van der Waals surface area contributed by atoms with Gasteiger partial charge in [-0.3, -0.25) is 4.79 Å². The third kappa shape index (κ3) is 3.71. The molecule has 2 heterocycles. The lowest BCUT2D eigenvalue weighted by atomic mass is 10.1. The average molecular weight is 390 g/mol. The van der Waals surface area contributed by atoms with Gasteiger partial charge in [-0.25, -0.2) is 4.99 Å². The van der Waals surface area contributed by atoms with Gasteiger partial charge in [0.05, 0.1) is 22.8 Å². The predicted molar refractivity (Wildman–Crippen MR) is 97.9 cm³/mol. The van der Waals surface area contributed by atoms with Crippen molar-refractivity contribution in [3.8, 4) is 5.75 Å². The Hall–Kier alpha value is -2.74. The number of halogens is 3. The van der Waals surface area contributed by atoms with Crippen molar-refractivity contribution in [1.29, 1.82) is 0 Å². The molecule has 1 amide bonds. The van der Waals surface area contributed by atoms with Gasteiger partial charge in [-0.1, -0.05) is 18.2 Å². The van der Waals surface area contributed by atoms with E-state index in [9.17, 15) is 18.0 Å². The van der Waals surface area contributed by atoms with Gasteiger partial charge in [0, 0.05) is 6.42 Å². The van der Waals surface area contributed by atoms with Gasteiger partial charge in [0.2, 0.25) is 0 Å². The first-order chi connectivity index (χ1) is 12.9. The predicted octanol–water partition coefficient (Wildman–Crippen LogP) is 4.53. The van der Waals surface area contributed by atoms with Gasteiger partial charge >= 0.3 is 6.18 Å². The molecular formula is C19H13F3N2O2S. The molecule has 1 N–H and O–H groups in total. The van der Waals surface area contributed by atoms with Crippen LogP contribution in [0.25, 0.3) is 6.08 Å². The number of para-hydroxylation sites is 1. The van der Waals surface area contributed by atoms with Crippen molar-refractivity contribution >= 4 is 34.6 Å². The van der Waals surface area contributed by atoms with E-state index in [1.807, 2.05) is 18.2 Å². The van der Waals surface area contributed by atoms with Crippen LogP contribution in [0, 0.1) is 0 Å². The third-order valence-electron chi connectivity index (χ3n) is 4.09. The molecular weight excluding hydrogens is 377 g/mol. The van der Waals surface area contributed by atoms with Gasteiger partial charge < -0.3 is 10.1 Å². The SMILES string of the molecule is O=C1N/C(=N/c2ccccc2C(F)(F)F)S/C1=C\c1ccc2c(c1)CCO2. The van der Waals surface area contributed by atoms with Crippen molar-refractivity contribution < 1.29 is 22.7 Å². The standard InChI is InChI=1S/C19H13F3N2O2S/c20-19(21,22)13-3-1-2-4-14(13)23-18-24-17(25)16(27-18)10-11-5-6-15-12(9-11)7-8-26-15/h1-6,9-10H,7-8H2,(H,23,24,25)/b16-10-. The summed E-state index contributed by atoms with van der Waals surface area (Å²) in [7, 11) is 0. The van der Waals surface area contributed by atoms with Gasteiger partial charge in [-0.05, 0) is 53.2 Å². The second-order valence-electron chi connectivity index (χ2n) is 5.96. The van der Waals surface area contributed by atoms with Crippen LogP contribution in [0.1, 0.15) is 16.7 Å². The molecule has 0 atom stereocenters. The Morgan fingerprint density at radius 3 is 2.81 bits per heavy atom. The van der Waals surface area contributed by atoms with Gasteiger partial charge in [0.15, 0.2) is 5.17 Å². The lowest BCUT2D eigenvalue weighted by Crippen LogP contribution is -2.19. The summed E-state index contributed by atoms with van der Waals surface area (Å²) < 4.78 is 44.7. The Balaban J connectivity index is 1.61. The van der Waals surface area contributed by atoms with E-state index in [0.29, 0.717) is 11.5 Å². The topological polar surface area (TPSA) is 50.7 Å². The van der Waals surface area contributed by atoms with Crippen molar-refractivity contribution in [2.45, 2.75) is 12.6 Å². The Morgan fingerprint density at radius 1 is 1.19 bits per heavy atom. The first-order valence-corrected chi connectivity index (χ1v) is 8.93. The molecule has 2 aliphatic heterocycles. The summed E-state index contributed by atoms with van der Waals surface area (Å²) in [6.45, 7) is 0.639. The summed E-state index contributed by atoms with van der Waals surface area (Å²) in [6.07, 6.45) is -2.01. The van der Waals surface area contributed by atoms with Gasteiger partial charge in [0.25, 0.3) is 5.91 Å². The van der Waals surface area contributed by atoms with Crippen LogP contribution in [0.5, 0.6) is 5.75 Å². The number of carbonyl (C=O) groups is 1. The molecule has 0 saturated carbocycles. The number of ether oxygens (including phenoxy) is 1. The number of fused-ring (bicyclic) bond motifs is 1. The van der Waals surface area contributed by atoms with Crippen LogP contribution in [-0.2, 0) is 17.4 Å². The number of hydrogen-bond acceptors (Lipinski definition) is 4. The fraction of sp³-hybridized carbons (Fsp3) is 0.158. The van der Waals surface area contributed by atoms with Crippen LogP contribution >= 0.6 is 11.8 Å². The number of benzene rings is 2. The fourth-order valence-electron chi connectivity index (χ4n) is 2.85. The molecule has 1 fully saturated rings. The molecule has 0 aromatic heterocycles. The fourth-order valence-corrected chi connectivity index (χ4v) is 3.68. The number of carbonyl (C=O) groups excluding carboxylic acids is 1. The Kier molecular flexibility index (Phi) is 4.43. The summed E-state index contributed by atoms with van der Waals surface area (Å²) in [5.41, 5.74) is 0.821. The quantitative estimate of drug-likeness (QED) is 0.767. The molecule has 4 rings (SSSR count). The maximum Gasteiger partial charge on any atom is 0.418 e. The van der Waals surface area contributed by atoms with E-state index >= 15 is 0 Å². The van der Waals surface area contributed by atoms with E-state index in [0.717, 1.165) is 41.1 Å². The highest BCUT2D eigenvalue weighted by Gasteiger charge is 2.34. The minimum atomic E-state index is -4.51. The van der Waals surface area contributed by atoms with E-state index in [2.05, 4.69) is 10.3 Å². The van der Waals surface area contributed by atoms with Gasteiger partial charge in [0.1, 0.15) is 5.75 Å². The molecule has 138 valence electrons. The summed E-state index contributed by atoms with van der Waals surface area (Å²) in [5, 5.41) is 2.64. The largest absolute Gasteiger partial charge is 0.493 e. The highest BCUT2D eigenvalue weighted by Crippen LogP contribution is 2.37. The number of amidine groups is 1. The smallest absolute Gasteiger partial charge is 0.418 e. The maximum absolute atomic E-state index is 13.1. The Bertz CT molecular complexity index is 983. The molecule has 2 aromatic rings. The second-order valence-corrected chi connectivity index (χ2v) is 6.99. The average Bonchev–Trinajstić information content (AvgIpc) is 3.21. The van der Waals surface area contributed by atoms with Crippen LogP contribution in [0.2, 0.25) is 0 Å². The van der Waals surface area contributed by atoms with E-state index in [1.54, 1.807) is 6.08 Å². The minimum Gasteiger partial charge on any atom is -0.493 e. The number of amides is 1. The Labute approximate surface area is 157 Å². The second kappa shape index (κ2) is 6.77. The van der Waals surface area contributed by atoms with Crippen molar-refractivity contribution in [3.05, 3.63) is 64.1 Å². The number of thioether (sulfide) groups is 1. The molecule has 4 nitrogen and oxygen atoms in total. The van der Waals surface area contributed by atoms with E-state index < -0.39 is 11.7 Å². The van der Waals surface area contributed by atoms with Gasteiger partial charge in [-0.2, -0.15) is 13.2 Å². The van der Waals surface area contributed by atoms with E-state index in [1.165, 1.54) is 18.2 Å². The zero-order chi connectivity index (χ0) is 19.0. The third-order valence-corrected chi connectivity index (χ3v) is 5.00. The number of rotatable bonds is 2. The monoisotopic (exact) mass is 390 g/mol. The first-order valence-electron chi connectivity index (χ1n) is 8.12. The zero-order valence-corrected chi connectivity index (χ0v) is 14.7. The molecule has 2 aromatic carbocycles. The van der Waals surface area contributed by atoms with E-state index in [4.69, 9.17) is 4.74 Å². The number of nitrogens with zero attached hydrogens (tertiary/aromatic N) is 1. The van der Waals surface area contributed by atoms with Crippen LogP contribution in [0.15, 0.2) is 52.4 Å². The molecule has 0 unspecified atom stereocenters. The van der Waals surface area contributed by atoms with Crippen LogP contribution in [0.4, 0.5) is 18.9 Å². The molecule has 8 heteroatoms. The lowest BCUT2D eigenvalue weighted by molar-refractivity contribution is -0.137. The van der Waals surface area contributed by atoms with Crippen LogP contribution in [-0.4, -0.2) is 17.7 Å². The molecule has 0 spiro atoms. The Morgan fingerprint density at radius 2 is 2.00 bits per heavy atom. The molecule has 27 heavy (non-hydrogen) atoms. The summed E-state index contributed by atoms with van der Waals surface area (Å²) in [6, 6.07) is 10.6. The van der Waals surface area contributed by atoms with Crippen molar-refractivity contribution in [2.24, 2.45) is 4.99 Å². The summed E-state index contributed by atoms with van der Waals surface area (Å²) in [5.74, 6) is 0.451. The van der Waals surface area contributed by atoms with Crippen LogP contribution < -0.4 is 10.1 Å². The highest BCUT2D eigenvalue weighted by molar-refractivity contribution is 8.18. The first kappa shape index (κ1) is 17.7. The zero-order valence-electron chi connectivity index (χ0n) is 13.8. The molecule has 1 saturated heterocycles.